The van der Waals surface area contributed by atoms with Gasteiger partial charge in [-0.1, -0.05) is 19.1 Å². The molecule has 2 aromatic carbocycles. The number of ether oxygens (including phenoxy) is 5. The topological polar surface area (TPSA) is 164 Å². The van der Waals surface area contributed by atoms with Crippen LogP contribution in [0.25, 0.3) is 0 Å². The van der Waals surface area contributed by atoms with Gasteiger partial charge in [-0.3, -0.25) is 4.79 Å². The van der Waals surface area contributed by atoms with Crippen molar-refractivity contribution in [1.82, 2.24) is 0 Å². The van der Waals surface area contributed by atoms with Gasteiger partial charge >= 0.3 is 5.97 Å². The van der Waals surface area contributed by atoms with Crippen molar-refractivity contribution < 1.29 is 54.0 Å². The Labute approximate surface area is 221 Å². The molecule has 1 heterocycles. The molecule has 3 unspecified atom stereocenters. The number of aliphatic hydroxyl groups excluding tert-OH is 4. The van der Waals surface area contributed by atoms with E-state index in [1.807, 2.05) is 19.1 Å². The molecule has 7 atom stereocenters. The van der Waals surface area contributed by atoms with Gasteiger partial charge < -0.3 is 49.2 Å². The average molecular weight is 537 g/mol. The summed E-state index contributed by atoms with van der Waals surface area (Å²) in [6.07, 6.45) is -6.43. The second-order valence-electron chi connectivity index (χ2n) is 9.32. The van der Waals surface area contributed by atoms with Gasteiger partial charge in [0.2, 0.25) is 6.29 Å². The fourth-order valence-corrected chi connectivity index (χ4v) is 4.53. The Morgan fingerprint density at radius 2 is 1.39 bits per heavy atom. The maximum atomic E-state index is 12.2. The first-order valence-electron chi connectivity index (χ1n) is 12.2. The molecule has 5 N–H and O–H groups in total. The van der Waals surface area contributed by atoms with Gasteiger partial charge in [-0.25, -0.2) is 0 Å². The van der Waals surface area contributed by atoms with Crippen molar-refractivity contribution in [2.45, 2.75) is 50.5 Å². The van der Waals surface area contributed by atoms with Crippen molar-refractivity contribution in [3.05, 3.63) is 47.5 Å². The molecule has 11 nitrogen and oxygen atoms in total. The highest BCUT2D eigenvalue weighted by Gasteiger charge is 2.45. The lowest BCUT2D eigenvalue weighted by Crippen LogP contribution is -2.60. The maximum Gasteiger partial charge on any atom is 0.307 e. The second-order valence-corrected chi connectivity index (χ2v) is 9.32. The third-order valence-corrected chi connectivity index (χ3v) is 6.78. The first-order valence-corrected chi connectivity index (χ1v) is 12.2. The molecule has 0 amide bonds. The lowest BCUT2D eigenvalue weighted by atomic mass is 9.84. The van der Waals surface area contributed by atoms with E-state index in [0.717, 1.165) is 5.56 Å². The van der Waals surface area contributed by atoms with Crippen molar-refractivity contribution in [1.29, 1.82) is 0 Å². The molecule has 210 valence electrons. The van der Waals surface area contributed by atoms with Gasteiger partial charge in [-0.05, 0) is 54.2 Å². The lowest BCUT2D eigenvalue weighted by molar-refractivity contribution is -0.277. The van der Waals surface area contributed by atoms with Gasteiger partial charge in [0.05, 0.1) is 33.9 Å². The first-order chi connectivity index (χ1) is 18.1. The highest BCUT2D eigenvalue weighted by Crippen LogP contribution is 2.34. The number of carboxylic acid groups (broad SMARTS) is 1. The molecule has 1 aliphatic rings. The van der Waals surface area contributed by atoms with Crippen molar-refractivity contribution in [3.63, 3.8) is 0 Å². The van der Waals surface area contributed by atoms with Crippen molar-refractivity contribution >= 4 is 5.97 Å². The van der Waals surface area contributed by atoms with E-state index in [4.69, 9.17) is 23.7 Å². The summed E-state index contributed by atoms with van der Waals surface area (Å²) in [6.45, 7) is 1.29. The monoisotopic (exact) mass is 536 g/mol. The van der Waals surface area contributed by atoms with Crippen LogP contribution in [0.5, 0.6) is 23.0 Å². The van der Waals surface area contributed by atoms with E-state index in [1.54, 1.807) is 38.5 Å². The quantitative estimate of drug-likeness (QED) is 0.263. The molecule has 0 bridgehead atoms. The Morgan fingerprint density at radius 3 is 1.95 bits per heavy atom. The molecule has 1 saturated heterocycles. The fraction of sp³-hybridized carbons (Fsp3) is 0.519. The molecule has 0 spiro atoms. The third-order valence-electron chi connectivity index (χ3n) is 6.78. The molecule has 0 saturated carbocycles. The van der Waals surface area contributed by atoms with Crippen LogP contribution in [0.1, 0.15) is 18.1 Å². The minimum atomic E-state index is -1.58. The van der Waals surface area contributed by atoms with Crippen LogP contribution < -0.4 is 18.9 Å². The van der Waals surface area contributed by atoms with Crippen LogP contribution >= 0.6 is 0 Å². The zero-order valence-electron chi connectivity index (χ0n) is 21.8. The van der Waals surface area contributed by atoms with Crippen molar-refractivity contribution in [3.8, 4) is 23.0 Å². The minimum absolute atomic E-state index is 0.172. The van der Waals surface area contributed by atoms with Crippen LogP contribution in [0.15, 0.2) is 36.4 Å². The summed E-state index contributed by atoms with van der Waals surface area (Å²) in [5, 5.41) is 49.6. The number of rotatable bonds is 12. The summed E-state index contributed by atoms with van der Waals surface area (Å²) in [5.41, 5.74) is 1.61. The van der Waals surface area contributed by atoms with Crippen LogP contribution in [-0.2, 0) is 22.4 Å². The molecule has 0 radical (unpaired) electrons. The third kappa shape index (κ3) is 6.66. The van der Waals surface area contributed by atoms with E-state index in [0.29, 0.717) is 23.5 Å². The Morgan fingerprint density at radius 1 is 0.842 bits per heavy atom. The number of aliphatic hydroxyl groups is 4. The highest BCUT2D eigenvalue weighted by molar-refractivity contribution is 5.71. The number of hydrogen-bond acceptors (Lipinski definition) is 10. The number of carbonyl (C=O) groups is 1. The Hall–Kier alpha value is -3.09. The normalized spacial score (nSPS) is 24.8. The largest absolute Gasteiger partial charge is 0.493 e. The van der Waals surface area contributed by atoms with Crippen LogP contribution in [0.4, 0.5) is 0 Å². The van der Waals surface area contributed by atoms with E-state index in [1.165, 1.54) is 7.11 Å². The van der Waals surface area contributed by atoms with Gasteiger partial charge in [0.1, 0.15) is 24.4 Å². The molecule has 2 aromatic rings. The van der Waals surface area contributed by atoms with Gasteiger partial charge in [-0.2, -0.15) is 0 Å². The molecule has 0 aromatic heterocycles. The standard InChI is InChI=1S/C27H36O11/c1-14(9-15-5-7-18(34-2)20(11-15)35-3)17(26(32)33)10-16-6-8-19(21(12-16)36-4)37-27-25(31)24(30)23(29)22(13-28)38-27/h5-8,11-12,14,17,22-25,27-31H,9-10,13H2,1-4H3,(H,32,33)/t14?,17?,22-,23-,24+,25-,27?/m1/s1. The Kier molecular flexibility index (Phi) is 10.2. The molecule has 1 fully saturated rings. The molecule has 3 rings (SSSR count). The van der Waals surface area contributed by atoms with Crippen molar-refractivity contribution in [2.24, 2.45) is 11.8 Å². The van der Waals surface area contributed by atoms with Crippen LogP contribution in [0.3, 0.4) is 0 Å². The zero-order chi connectivity index (χ0) is 28.0. The van der Waals surface area contributed by atoms with Crippen LogP contribution in [-0.4, -0.2) is 90.1 Å². The van der Waals surface area contributed by atoms with E-state index >= 15 is 0 Å². The van der Waals surface area contributed by atoms with Gasteiger partial charge in [0.25, 0.3) is 0 Å². The summed E-state index contributed by atoms with van der Waals surface area (Å²) in [7, 11) is 4.51. The highest BCUT2D eigenvalue weighted by atomic mass is 16.7. The van der Waals surface area contributed by atoms with Gasteiger partial charge in [-0.15, -0.1) is 0 Å². The van der Waals surface area contributed by atoms with E-state index in [9.17, 15) is 30.3 Å². The Bertz CT molecular complexity index is 1070. The summed E-state index contributed by atoms with van der Waals surface area (Å²) >= 11 is 0. The maximum absolute atomic E-state index is 12.2. The summed E-state index contributed by atoms with van der Waals surface area (Å²) in [5.74, 6) is -0.257. The van der Waals surface area contributed by atoms with Gasteiger partial charge in [0.15, 0.2) is 23.0 Å². The number of benzene rings is 2. The smallest absolute Gasteiger partial charge is 0.307 e. The molecular weight excluding hydrogens is 500 g/mol. The predicted octanol–water partition coefficient (Wildman–Crippen LogP) is 1.01. The van der Waals surface area contributed by atoms with E-state index in [2.05, 4.69) is 0 Å². The van der Waals surface area contributed by atoms with Crippen molar-refractivity contribution in [2.75, 3.05) is 27.9 Å². The van der Waals surface area contributed by atoms with Crippen LogP contribution in [0, 0.1) is 11.8 Å². The molecular formula is C27H36O11. The zero-order valence-corrected chi connectivity index (χ0v) is 21.8. The van der Waals surface area contributed by atoms with E-state index in [-0.39, 0.29) is 23.8 Å². The molecule has 0 aliphatic carbocycles. The average Bonchev–Trinajstić information content (AvgIpc) is 2.91. The predicted molar refractivity (Wildman–Crippen MR) is 135 cm³/mol. The van der Waals surface area contributed by atoms with E-state index < -0.39 is 49.2 Å². The SMILES string of the molecule is COc1ccc(CC(C)C(Cc2ccc(OC3O[C@H](CO)[C@@H](O)[C@H](O)[C@H]3O)c(OC)c2)C(=O)O)cc1OC. The van der Waals surface area contributed by atoms with Crippen LogP contribution in [0.2, 0.25) is 0 Å². The lowest BCUT2D eigenvalue weighted by Gasteiger charge is -2.39. The second kappa shape index (κ2) is 13.1. The summed E-state index contributed by atoms with van der Waals surface area (Å²) in [6, 6.07) is 10.4. The number of methoxy groups -OCH3 is 3. The number of hydrogen-bond donors (Lipinski definition) is 5. The fourth-order valence-electron chi connectivity index (χ4n) is 4.53. The molecule has 1 aliphatic heterocycles. The molecule has 11 heteroatoms. The molecule has 38 heavy (non-hydrogen) atoms. The Balaban J connectivity index is 1.74. The summed E-state index contributed by atoms with van der Waals surface area (Å²) in [4.78, 5) is 12.2. The first kappa shape index (κ1) is 29.5. The van der Waals surface area contributed by atoms with Gasteiger partial charge in [0, 0.05) is 0 Å². The number of aliphatic carboxylic acids is 1. The minimum Gasteiger partial charge on any atom is -0.493 e. The summed E-state index contributed by atoms with van der Waals surface area (Å²) < 4.78 is 27.1. The number of carboxylic acids is 1.